The Morgan fingerprint density at radius 3 is 2.21 bits per heavy atom. The Morgan fingerprint density at radius 1 is 1.21 bits per heavy atom. The van der Waals surface area contributed by atoms with Crippen LogP contribution in [0.15, 0.2) is 12.1 Å². The first-order valence-electron chi connectivity index (χ1n) is 4.83. The van der Waals surface area contributed by atoms with Gasteiger partial charge >= 0.3 is 12.4 Å². The summed E-state index contributed by atoms with van der Waals surface area (Å²) in [6, 6.07) is 0.911. The van der Waals surface area contributed by atoms with Crippen LogP contribution in [0.5, 0.6) is 5.88 Å². The highest BCUT2D eigenvalue weighted by molar-refractivity contribution is 5.41. The second-order valence-electron chi connectivity index (χ2n) is 3.52. The summed E-state index contributed by atoms with van der Waals surface area (Å²) in [7, 11) is 0. The average molecular weight is 289 g/mol. The standard InChI is InChI=1S/C9H9F6N3O/c1-4(8(10,11)12)19-7-3-5(9(13,14)15)2-6(17-7)18-16/h2-4H,16H2,1H3,(H,17,18). The number of alkyl halides is 6. The van der Waals surface area contributed by atoms with E-state index in [0.29, 0.717) is 19.1 Å². The number of halogens is 6. The molecular formula is C9H9F6N3O. The molecule has 0 aliphatic rings. The van der Waals surface area contributed by atoms with E-state index >= 15 is 0 Å². The SMILES string of the molecule is CC(Oc1cc(C(F)(F)F)cc(NN)n1)C(F)(F)F. The largest absolute Gasteiger partial charge is 0.465 e. The molecule has 1 heterocycles. The van der Waals surface area contributed by atoms with Crippen LogP contribution in [0.3, 0.4) is 0 Å². The Morgan fingerprint density at radius 2 is 1.79 bits per heavy atom. The molecule has 4 nitrogen and oxygen atoms in total. The van der Waals surface area contributed by atoms with E-state index in [0.717, 1.165) is 0 Å². The van der Waals surface area contributed by atoms with Crippen molar-refractivity contribution in [1.29, 1.82) is 0 Å². The summed E-state index contributed by atoms with van der Waals surface area (Å²) in [6.07, 6.45) is -11.8. The van der Waals surface area contributed by atoms with Gasteiger partial charge in [0, 0.05) is 6.07 Å². The molecule has 1 rings (SSSR count). The fourth-order valence-corrected chi connectivity index (χ4v) is 1.05. The zero-order valence-electron chi connectivity index (χ0n) is 9.43. The number of hydrogen-bond donors (Lipinski definition) is 2. The van der Waals surface area contributed by atoms with Crippen molar-refractivity contribution in [2.24, 2.45) is 5.84 Å². The smallest absolute Gasteiger partial charge is 0.425 e. The molecule has 1 aromatic heterocycles. The summed E-state index contributed by atoms with van der Waals surface area (Å²) in [5.74, 6) is 3.60. The van der Waals surface area contributed by atoms with Crippen LogP contribution < -0.4 is 16.0 Å². The van der Waals surface area contributed by atoms with E-state index in [2.05, 4.69) is 9.72 Å². The van der Waals surface area contributed by atoms with Gasteiger partial charge in [0.05, 0.1) is 5.56 Å². The van der Waals surface area contributed by atoms with Gasteiger partial charge in [0.25, 0.3) is 0 Å². The molecular weight excluding hydrogens is 280 g/mol. The Bertz CT molecular complexity index is 445. The third kappa shape index (κ3) is 4.16. The van der Waals surface area contributed by atoms with Crippen LogP contribution in [0, 0.1) is 0 Å². The van der Waals surface area contributed by atoms with E-state index in [1.54, 1.807) is 0 Å². The molecule has 19 heavy (non-hydrogen) atoms. The molecule has 108 valence electrons. The van der Waals surface area contributed by atoms with Gasteiger partial charge in [-0.25, -0.2) is 5.84 Å². The van der Waals surface area contributed by atoms with Crippen molar-refractivity contribution in [3.63, 3.8) is 0 Å². The molecule has 0 saturated carbocycles. The third-order valence-electron chi connectivity index (χ3n) is 2.04. The van der Waals surface area contributed by atoms with Crippen LogP contribution in [0.2, 0.25) is 0 Å². The Labute approximate surface area is 103 Å². The van der Waals surface area contributed by atoms with Gasteiger partial charge in [-0.15, -0.1) is 0 Å². The summed E-state index contributed by atoms with van der Waals surface area (Å²) < 4.78 is 78.5. The van der Waals surface area contributed by atoms with Crippen molar-refractivity contribution in [2.75, 3.05) is 5.43 Å². The number of nitrogens with one attached hydrogen (secondary N) is 1. The van der Waals surface area contributed by atoms with Crippen LogP contribution >= 0.6 is 0 Å². The maximum absolute atomic E-state index is 12.5. The highest BCUT2D eigenvalue weighted by atomic mass is 19.4. The minimum absolute atomic E-state index is 0.364. The van der Waals surface area contributed by atoms with Crippen molar-refractivity contribution in [2.45, 2.75) is 25.4 Å². The minimum atomic E-state index is -4.76. The van der Waals surface area contributed by atoms with Gasteiger partial charge in [0.1, 0.15) is 5.82 Å². The van der Waals surface area contributed by atoms with Crippen LogP contribution in [0.1, 0.15) is 12.5 Å². The molecule has 0 aliphatic heterocycles. The molecule has 3 N–H and O–H groups in total. The van der Waals surface area contributed by atoms with Crippen molar-refractivity contribution >= 4 is 5.82 Å². The predicted octanol–water partition coefficient (Wildman–Crippen LogP) is 2.72. The number of hydrazine groups is 1. The molecule has 0 bridgehead atoms. The number of nitrogens with zero attached hydrogens (tertiary/aromatic N) is 1. The Balaban J connectivity index is 3.08. The van der Waals surface area contributed by atoms with Gasteiger partial charge in [0.2, 0.25) is 5.88 Å². The van der Waals surface area contributed by atoms with Crippen LogP contribution in [0.4, 0.5) is 32.2 Å². The Hall–Kier alpha value is -1.71. The lowest BCUT2D eigenvalue weighted by atomic mass is 10.2. The molecule has 0 spiro atoms. The van der Waals surface area contributed by atoms with Gasteiger partial charge < -0.3 is 10.2 Å². The van der Waals surface area contributed by atoms with E-state index in [-0.39, 0.29) is 0 Å². The maximum atomic E-state index is 12.5. The Kier molecular flexibility index (Phi) is 4.13. The van der Waals surface area contributed by atoms with E-state index in [1.807, 2.05) is 5.43 Å². The first-order chi connectivity index (χ1) is 8.54. The number of pyridine rings is 1. The summed E-state index contributed by atoms with van der Waals surface area (Å²) in [6.45, 7) is 0.650. The minimum Gasteiger partial charge on any atom is -0.465 e. The van der Waals surface area contributed by atoms with E-state index in [1.165, 1.54) is 0 Å². The summed E-state index contributed by atoms with van der Waals surface area (Å²) in [5.41, 5.74) is 0.597. The molecule has 0 amide bonds. The van der Waals surface area contributed by atoms with Gasteiger partial charge in [0.15, 0.2) is 6.10 Å². The molecule has 0 aromatic carbocycles. The number of anilines is 1. The van der Waals surface area contributed by atoms with Crippen LogP contribution in [-0.2, 0) is 6.18 Å². The monoisotopic (exact) mass is 289 g/mol. The highest BCUT2D eigenvalue weighted by Gasteiger charge is 2.39. The van der Waals surface area contributed by atoms with Crippen LogP contribution in [-0.4, -0.2) is 17.3 Å². The fourth-order valence-electron chi connectivity index (χ4n) is 1.05. The summed E-state index contributed by atoms with van der Waals surface area (Å²) >= 11 is 0. The van der Waals surface area contributed by atoms with Crippen molar-refractivity contribution < 1.29 is 31.1 Å². The molecule has 0 aliphatic carbocycles. The number of nitrogens with two attached hydrogens (primary N) is 1. The lowest BCUT2D eigenvalue weighted by Gasteiger charge is -2.18. The molecule has 0 fully saturated rings. The quantitative estimate of drug-likeness (QED) is 0.510. The highest BCUT2D eigenvalue weighted by Crippen LogP contribution is 2.33. The molecule has 1 unspecified atom stereocenters. The van der Waals surface area contributed by atoms with Gasteiger partial charge in [-0.1, -0.05) is 0 Å². The first kappa shape index (κ1) is 15.3. The predicted molar refractivity (Wildman–Crippen MR) is 53.2 cm³/mol. The fraction of sp³-hybridized carbons (Fsp3) is 0.444. The number of rotatable bonds is 3. The van der Waals surface area contributed by atoms with Crippen molar-refractivity contribution in [1.82, 2.24) is 4.98 Å². The zero-order chi connectivity index (χ0) is 14.8. The van der Waals surface area contributed by atoms with Crippen LogP contribution in [0.25, 0.3) is 0 Å². The number of aromatic nitrogens is 1. The molecule has 1 aromatic rings. The third-order valence-corrected chi connectivity index (χ3v) is 2.04. The molecule has 0 radical (unpaired) electrons. The van der Waals surface area contributed by atoms with E-state index in [4.69, 9.17) is 5.84 Å². The number of hydrogen-bond acceptors (Lipinski definition) is 4. The second kappa shape index (κ2) is 5.11. The zero-order valence-corrected chi connectivity index (χ0v) is 9.43. The molecule has 0 saturated heterocycles. The first-order valence-corrected chi connectivity index (χ1v) is 4.83. The topological polar surface area (TPSA) is 60.2 Å². The van der Waals surface area contributed by atoms with Gasteiger partial charge in [-0.05, 0) is 13.0 Å². The lowest BCUT2D eigenvalue weighted by molar-refractivity contribution is -0.190. The van der Waals surface area contributed by atoms with Crippen molar-refractivity contribution in [3.05, 3.63) is 17.7 Å². The maximum Gasteiger partial charge on any atom is 0.425 e. The number of ether oxygens (including phenoxy) is 1. The number of nitrogen functional groups attached to an aromatic ring is 1. The van der Waals surface area contributed by atoms with Gasteiger partial charge in [-0.2, -0.15) is 31.3 Å². The normalized spacial score (nSPS) is 14.1. The van der Waals surface area contributed by atoms with Crippen molar-refractivity contribution in [3.8, 4) is 5.88 Å². The molecule has 10 heteroatoms. The van der Waals surface area contributed by atoms with E-state index < -0.39 is 35.7 Å². The molecule has 1 atom stereocenters. The average Bonchev–Trinajstić information content (AvgIpc) is 2.26. The van der Waals surface area contributed by atoms with Gasteiger partial charge in [-0.3, -0.25) is 0 Å². The van der Waals surface area contributed by atoms with E-state index in [9.17, 15) is 26.3 Å². The lowest BCUT2D eigenvalue weighted by Crippen LogP contribution is -2.31. The second-order valence-corrected chi connectivity index (χ2v) is 3.52. The summed E-state index contributed by atoms with van der Waals surface area (Å²) in [5, 5.41) is 0. The summed E-state index contributed by atoms with van der Waals surface area (Å²) in [4.78, 5) is 3.36.